The van der Waals surface area contributed by atoms with E-state index in [9.17, 15) is 9.59 Å². The average Bonchev–Trinajstić information content (AvgIpc) is 3.30. The second-order valence-electron chi connectivity index (χ2n) is 8.23. The maximum Gasteiger partial charge on any atom is 0.255 e. The molecule has 2 N–H and O–H groups in total. The van der Waals surface area contributed by atoms with Crippen molar-refractivity contribution in [2.45, 2.75) is 6.54 Å². The Morgan fingerprint density at radius 2 is 1.50 bits per heavy atom. The number of hydrogen-bond donors (Lipinski definition) is 2. The van der Waals surface area contributed by atoms with Gasteiger partial charge in [0.1, 0.15) is 0 Å². The zero-order valence-corrected chi connectivity index (χ0v) is 19.3. The van der Waals surface area contributed by atoms with Crippen molar-refractivity contribution in [3.8, 4) is 0 Å². The van der Waals surface area contributed by atoms with Crippen LogP contribution in [0.4, 0.5) is 5.82 Å². The third kappa shape index (κ3) is 4.47. The van der Waals surface area contributed by atoms with Crippen molar-refractivity contribution in [1.82, 2.24) is 20.0 Å². The van der Waals surface area contributed by atoms with Crippen LogP contribution in [0.1, 0.15) is 26.3 Å². The summed E-state index contributed by atoms with van der Waals surface area (Å²) in [6.45, 7) is 2.55. The Balaban J connectivity index is 1.16. The monoisotopic (exact) mass is 473 g/mol. The number of carbonyl (C=O) groups is 2. The maximum atomic E-state index is 13.0. The molecule has 0 atom stereocenters. The van der Waals surface area contributed by atoms with Crippen LogP contribution >= 0.6 is 11.6 Å². The van der Waals surface area contributed by atoms with Crippen LogP contribution in [0.25, 0.3) is 10.9 Å². The molecular weight excluding hydrogens is 450 g/mol. The Kier molecular flexibility index (Phi) is 6.18. The van der Waals surface area contributed by atoms with Gasteiger partial charge in [0.05, 0.1) is 16.1 Å². The highest BCUT2D eigenvalue weighted by atomic mass is 35.5. The average molecular weight is 474 g/mol. The van der Waals surface area contributed by atoms with E-state index in [4.69, 9.17) is 11.6 Å². The number of aromatic nitrogens is 2. The predicted molar refractivity (Wildman–Crippen MR) is 133 cm³/mol. The van der Waals surface area contributed by atoms with Crippen LogP contribution in [-0.4, -0.2) is 58.0 Å². The molecule has 0 saturated carbocycles. The second kappa shape index (κ2) is 9.57. The zero-order valence-electron chi connectivity index (χ0n) is 18.5. The summed E-state index contributed by atoms with van der Waals surface area (Å²) < 4.78 is 0. The first kappa shape index (κ1) is 22.0. The lowest BCUT2D eigenvalue weighted by atomic mass is 10.1. The summed E-state index contributed by atoms with van der Waals surface area (Å²) in [5.41, 5.74) is 3.18. The predicted octanol–water partition coefficient (Wildman–Crippen LogP) is 4.43. The van der Waals surface area contributed by atoms with Gasteiger partial charge in [-0.15, -0.1) is 0 Å². The number of benzene rings is 3. The second-order valence-corrected chi connectivity index (χ2v) is 8.64. The van der Waals surface area contributed by atoms with Crippen LogP contribution in [-0.2, 0) is 6.54 Å². The Bertz CT molecular complexity index is 1330. The number of H-pyrrole nitrogens is 1. The molecule has 1 aliphatic heterocycles. The van der Waals surface area contributed by atoms with Crippen LogP contribution in [0.3, 0.4) is 0 Å². The van der Waals surface area contributed by atoms with Gasteiger partial charge in [-0.1, -0.05) is 48.0 Å². The van der Waals surface area contributed by atoms with Gasteiger partial charge in [0.2, 0.25) is 0 Å². The number of nitrogens with one attached hydrogen (secondary N) is 2. The summed E-state index contributed by atoms with van der Waals surface area (Å²) in [4.78, 5) is 29.3. The Morgan fingerprint density at radius 3 is 2.24 bits per heavy atom. The first-order chi connectivity index (χ1) is 16.6. The van der Waals surface area contributed by atoms with Crippen molar-refractivity contribution in [2.75, 3.05) is 31.5 Å². The summed E-state index contributed by atoms with van der Waals surface area (Å²) in [5.74, 6) is 0.682. The summed E-state index contributed by atoms with van der Waals surface area (Å²) >= 11 is 6.17. The van der Waals surface area contributed by atoms with Crippen LogP contribution < -0.4 is 5.32 Å². The number of amides is 2. The largest absolute Gasteiger partial charge is 0.364 e. The van der Waals surface area contributed by atoms with Gasteiger partial charge in [0.25, 0.3) is 11.8 Å². The van der Waals surface area contributed by atoms with E-state index in [1.165, 1.54) is 0 Å². The number of nitrogens with zero attached hydrogens (tertiary/aromatic N) is 3. The maximum absolute atomic E-state index is 13.0. The Hall–Kier alpha value is -3.84. The highest BCUT2D eigenvalue weighted by molar-refractivity contribution is 6.33. The first-order valence-electron chi connectivity index (χ1n) is 11.2. The minimum atomic E-state index is -0.0979. The molecule has 1 fully saturated rings. The molecule has 1 saturated heterocycles. The molecular formula is C26H24ClN5O2. The van der Waals surface area contributed by atoms with E-state index in [1.54, 1.807) is 34.1 Å². The highest BCUT2D eigenvalue weighted by Crippen LogP contribution is 2.21. The summed E-state index contributed by atoms with van der Waals surface area (Å²) in [5, 5.41) is 12.2. The number of anilines is 1. The SMILES string of the molecule is O=C(c1ccc(CNc2n[nH]c3ccccc23)cc1)N1CCN(C(=O)c2ccccc2Cl)CC1. The molecule has 7 nitrogen and oxygen atoms in total. The number of piperazine rings is 1. The van der Waals surface area contributed by atoms with Gasteiger partial charge in [-0.25, -0.2) is 0 Å². The van der Waals surface area contributed by atoms with Gasteiger partial charge < -0.3 is 15.1 Å². The van der Waals surface area contributed by atoms with E-state index in [-0.39, 0.29) is 11.8 Å². The normalized spacial score (nSPS) is 13.8. The molecule has 8 heteroatoms. The van der Waals surface area contributed by atoms with Crippen LogP contribution in [0.15, 0.2) is 72.8 Å². The fraction of sp³-hybridized carbons (Fsp3) is 0.192. The number of fused-ring (bicyclic) bond motifs is 1. The lowest BCUT2D eigenvalue weighted by molar-refractivity contribution is 0.0535. The summed E-state index contributed by atoms with van der Waals surface area (Å²) in [6.07, 6.45) is 0. The number of halogens is 1. The highest BCUT2D eigenvalue weighted by Gasteiger charge is 2.26. The fourth-order valence-electron chi connectivity index (χ4n) is 4.15. The molecule has 0 aliphatic carbocycles. The van der Waals surface area contributed by atoms with Crippen LogP contribution in [0, 0.1) is 0 Å². The number of aromatic amines is 1. The molecule has 0 spiro atoms. The number of para-hydroxylation sites is 1. The van der Waals surface area contributed by atoms with Crippen molar-refractivity contribution >= 4 is 40.1 Å². The molecule has 0 bridgehead atoms. The van der Waals surface area contributed by atoms with E-state index < -0.39 is 0 Å². The van der Waals surface area contributed by atoms with Crippen molar-refractivity contribution in [3.05, 3.63) is 94.5 Å². The molecule has 0 unspecified atom stereocenters. The van der Waals surface area contributed by atoms with Gasteiger partial charge in [-0.05, 0) is 42.0 Å². The van der Waals surface area contributed by atoms with Crippen molar-refractivity contribution < 1.29 is 9.59 Å². The fourth-order valence-corrected chi connectivity index (χ4v) is 4.37. The molecule has 172 valence electrons. The number of rotatable bonds is 5. The smallest absolute Gasteiger partial charge is 0.255 e. The van der Waals surface area contributed by atoms with Gasteiger partial charge in [0, 0.05) is 43.7 Å². The number of hydrogen-bond acceptors (Lipinski definition) is 4. The van der Waals surface area contributed by atoms with Crippen molar-refractivity contribution in [2.24, 2.45) is 0 Å². The van der Waals surface area contributed by atoms with Gasteiger partial charge in [0.15, 0.2) is 5.82 Å². The van der Waals surface area contributed by atoms with Crippen molar-refractivity contribution in [1.29, 1.82) is 0 Å². The van der Waals surface area contributed by atoms with E-state index in [1.807, 2.05) is 48.5 Å². The van der Waals surface area contributed by atoms with Crippen molar-refractivity contribution in [3.63, 3.8) is 0 Å². The molecule has 2 heterocycles. The lowest BCUT2D eigenvalue weighted by Gasteiger charge is -2.35. The zero-order chi connectivity index (χ0) is 23.5. The van der Waals surface area contributed by atoms with E-state index in [0.717, 1.165) is 22.3 Å². The van der Waals surface area contributed by atoms with E-state index in [0.29, 0.717) is 48.9 Å². The van der Waals surface area contributed by atoms with E-state index >= 15 is 0 Å². The molecule has 4 aromatic rings. The molecule has 1 aliphatic rings. The van der Waals surface area contributed by atoms with Gasteiger partial charge in [-0.2, -0.15) is 5.10 Å². The molecule has 5 rings (SSSR count). The Labute approximate surface area is 202 Å². The minimum absolute atomic E-state index is 0.0253. The van der Waals surface area contributed by atoms with Gasteiger partial charge >= 0.3 is 0 Å². The molecule has 2 amide bonds. The van der Waals surface area contributed by atoms with Crippen LogP contribution in [0.2, 0.25) is 5.02 Å². The minimum Gasteiger partial charge on any atom is -0.364 e. The summed E-state index contributed by atoms with van der Waals surface area (Å²) in [7, 11) is 0. The molecule has 0 radical (unpaired) electrons. The lowest BCUT2D eigenvalue weighted by Crippen LogP contribution is -2.50. The molecule has 3 aromatic carbocycles. The third-order valence-corrected chi connectivity index (χ3v) is 6.42. The van der Waals surface area contributed by atoms with Crippen LogP contribution in [0.5, 0.6) is 0 Å². The number of carbonyl (C=O) groups excluding carboxylic acids is 2. The van der Waals surface area contributed by atoms with Gasteiger partial charge in [-0.3, -0.25) is 14.7 Å². The standard InChI is InChI=1S/C26H24ClN5O2/c27-22-7-3-1-5-20(22)26(34)32-15-13-31(14-16-32)25(33)19-11-9-18(10-12-19)17-28-24-21-6-2-4-8-23(21)29-30-24/h1-12H,13-17H2,(H2,28,29,30). The topological polar surface area (TPSA) is 81.3 Å². The third-order valence-electron chi connectivity index (χ3n) is 6.09. The molecule has 1 aromatic heterocycles. The first-order valence-corrected chi connectivity index (χ1v) is 11.6. The van der Waals surface area contributed by atoms with E-state index in [2.05, 4.69) is 15.5 Å². The molecule has 34 heavy (non-hydrogen) atoms. The quantitative estimate of drug-likeness (QED) is 0.449. The summed E-state index contributed by atoms with van der Waals surface area (Å²) in [6, 6.07) is 22.6. The Morgan fingerprint density at radius 1 is 0.853 bits per heavy atom.